The number of anilines is 3. The van der Waals surface area contributed by atoms with Gasteiger partial charge in [0.2, 0.25) is 5.91 Å². The summed E-state index contributed by atoms with van der Waals surface area (Å²) in [6.45, 7) is 0.724. The van der Waals surface area contributed by atoms with Gasteiger partial charge in [0.25, 0.3) is 0 Å². The number of likely N-dealkylation sites (N-methyl/N-ethyl adjacent to an activating group) is 1. The maximum Gasteiger partial charge on any atom is 0.246 e. The summed E-state index contributed by atoms with van der Waals surface area (Å²) in [4.78, 5) is 29.2. The van der Waals surface area contributed by atoms with Crippen LogP contribution in [0.1, 0.15) is 18.4 Å². The lowest BCUT2D eigenvalue weighted by Crippen LogP contribution is -2.35. The van der Waals surface area contributed by atoms with Gasteiger partial charge in [-0.1, -0.05) is 0 Å². The second-order valence-corrected chi connectivity index (χ2v) is 5.99. The molecule has 0 radical (unpaired) electrons. The fourth-order valence-corrected chi connectivity index (χ4v) is 2.78. The summed E-state index contributed by atoms with van der Waals surface area (Å²) in [6, 6.07) is 4.22. The number of hydrogen-bond acceptors (Lipinski definition) is 6. The van der Waals surface area contributed by atoms with Gasteiger partial charge < -0.3 is 15.1 Å². The first-order valence-corrected chi connectivity index (χ1v) is 7.74. The van der Waals surface area contributed by atoms with Crippen LogP contribution in [0.2, 0.25) is 0 Å². The van der Waals surface area contributed by atoms with Crippen LogP contribution in [0.15, 0.2) is 30.9 Å². The molecule has 2 aliphatic rings. The summed E-state index contributed by atoms with van der Waals surface area (Å²) in [5.74, 6) is 1.66. The molecule has 1 N–H and O–H groups in total. The Labute approximate surface area is 134 Å². The van der Waals surface area contributed by atoms with E-state index in [4.69, 9.17) is 0 Å². The van der Waals surface area contributed by atoms with Crippen LogP contribution < -0.4 is 15.1 Å². The minimum atomic E-state index is 0.0240. The van der Waals surface area contributed by atoms with Crippen molar-refractivity contribution in [2.45, 2.75) is 25.4 Å². The first-order chi connectivity index (χ1) is 11.2. The molecule has 0 saturated heterocycles. The number of rotatable bonds is 3. The number of nitrogens with one attached hydrogen (secondary N) is 1. The van der Waals surface area contributed by atoms with Gasteiger partial charge in [-0.2, -0.15) is 0 Å². The molecule has 2 aromatic heterocycles. The Morgan fingerprint density at radius 3 is 2.87 bits per heavy atom. The van der Waals surface area contributed by atoms with Crippen molar-refractivity contribution in [3.8, 4) is 0 Å². The van der Waals surface area contributed by atoms with Gasteiger partial charge in [-0.15, -0.1) is 0 Å². The molecule has 23 heavy (non-hydrogen) atoms. The zero-order chi connectivity index (χ0) is 15.8. The molecular weight excluding hydrogens is 292 g/mol. The highest BCUT2D eigenvalue weighted by molar-refractivity contribution is 5.97. The lowest BCUT2D eigenvalue weighted by molar-refractivity contribution is -0.117. The Hall–Kier alpha value is -2.70. The highest BCUT2D eigenvalue weighted by atomic mass is 16.2. The Morgan fingerprint density at radius 2 is 2.13 bits per heavy atom. The first kappa shape index (κ1) is 13.9. The second kappa shape index (κ2) is 5.49. The van der Waals surface area contributed by atoms with E-state index in [0.29, 0.717) is 12.6 Å². The van der Waals surface area contributed by atoms with Gasteiger partial charge >= 0.3 is 0 Å². The molecule has 1 aliphatic heterocycles. The van der Waals surface area contributed by atoms with Crippen LogP contribution in [0.3, 0.4) is 0 Å². The Bertz CT molecular complexity index is 731. The summed E-state index contributed by atoms with van der Waals surface area (Å²) in [6.07, 6.45) is 7.31. The molecule has 7 heteroatoms. The molecule has 4 rings (SSSR count). The molecule has 0 unspecified atom stereocenters. The maximum atomic E-state index is 12.6. The summed E-state index contributed by atoms with van der Waals surface area (Å²) in [7, 11) is 1.89. The third-order valence-corrected chi connectivity index (χ3v) is 4.15. The fourth-order valence-electron chi connectivity index (χ4n) is 2.78. The lowest BCUT2D eigenvalue weighted by Gasteiger charge is -2.21. The molecule has 1 amide bonds. The zero-order valence-corrected chi connectivity index (χ0v) is 12.9. The summed E-state index contributed by atoms with van der Waals surface area (Å²) in [5.41, 5.74) is 1.75. The van der Waals surface area contributed by atoms with Crippen LogP contribution in [0.4, 0.5) is 17.3 Å². The molecule has 2 aromatic rings. The number of pyridine rings is 1. The van der Waals surface area contributed by atoms with Gasteiger partial charge in [-0.05, 0) is 25.0 Å². The zero-order valence-electron chi connectivity index (χ0n) is 12.9. The van der Waals surface area contributed by atoms with Gasteiger partial charge in [0.15, 0.2) is 0 Å². The third kappa shape index (κ3) is 2.69. The van der Waals surface area contributed by atoms with E-state index < -0.39 is 0 Å². The molecule has 7 nitrogen and oxygen atoms in total. The molecule has 1 saturated carbocycles. The van der Waals surface area contributed by atoms with E-state index in [1.165, 1.54) is 12.8 Å². The van der Waals surface area contributed by atoms with Crippen molar-refractivity contribution in [3.63, 3.8) is 0 Å². The summed E-state index contributed by atoms with van der Waals surface area (Å²) < 4.78 is 0. The molecule has 3 heterocycles. The Balaban J connectivity index is 1.75. The molecule has 118 valence electrons. The molecule has 0 aromatic carbocycles. The Kier molecular flexibility index (Phi) is 3.33. The van der Waals surface area contributed by atoms with E-state index in [2.05, 4.69) is 20.3 Å². The third-order valence-electron chi connectivity index (χ3n) is 4.15. The normalized spacial score (nSPS) is 17.7. The summed E-state index contributed by atoms with van der Waals surface area (Å²) >= 11 is 0. The number of nitrogens with zero attached hydrogens (tertiary/aromatic N) is 5. The van der Waals surface area contributed by atoms with E-state index >= 15 is 0 Å². The largest absolute Gasteiger partial charge is 0.367 e. The minimum Gasteiger partial charge on any atom is -0.367 e. The average Bonchev–Trinajstić information content (AvgIpc) is 3.38. The van der Waals surface area contributed by atoms with E-state index in [1.807, 2.05) is 24.1 Å². The number of amides is 1. The minimum absolute atomic E-state index is 0.0240. The van der Waals surface area contributed by atoms with Crippen molar-refractivity contribution in [1.29, 1.82) is 0 Å². The van der Waals surface area contributed by atoms with Crippen LogP contribution in [0, 0.1) is 0 Å². The maximum absolute atomic E-state index is 12.6. The van der Waals surface area contributed by atoms with Crippen molar-refractivity contribution in [3.05, 3.63) is 36.4 Å². The van der Waals surface area contributed by atoms with Gasteiger partial charge in [0, 0.05) is 19.3 Å². The lowest BCUT2D eigenvalue weighted by atomic mass is 10.2. The first-order valence-electron chi connectivity index (χ1n) is 7.74. The Morgan fingerprint density at radius 1 is 1.26 bits per heavy atom. The SMILES string of the molecule is CN1CC(=O)N(c2cccnc2)Cc2c(NC3CC3)ncnc21. The highest BCUT2D eigenvalue weighted by Gasteiger charge is 2.30. The second-order valence-electron chi connectivity index (χ2n) is 5.99. The number of carbonyl (C=O) groups is 1. The summed E-state index contributed by atoms with van der Waals surface area (Å²) in [5, 5.41) is 3.45. The number of carbonyl (C=O) groups excluding carboxylic acids is 1. The van der Waals surface area contributed by atoms with Crippen molar-refractivity contribution in [1.82, 2.24) is 15.0 Å². The topological polar surface area (TPSA) is 74.2 Å². The van der Waals surface area contributed by atoms with Gasteiger partial charge in [0.1, 0.15) is 18.0 Å². The number of aromatic nitrogens is 3. The van der Waals surface area contributed by atoms with Crippen molar-refractivity contribution in [2.75, 3.05) is 28.7 Å². The van der Waals surface area contributed by atoms with E-state index in [0.717, 1.165) is 22.9 Å². The van der Waals surface area contributed by atoms with Crippen molar-refractivity contribution in [2.24, 2.45) is 0 Å². The van der Waals surface area contributed by atoms with E-state index in [1.54, 1.807) is 23.6 Å². The van der Waals surface area contributed by atoms with Crippen LogP contribution >= 0.6 is 0 Å². The van der Waals surface area contributed by atoms with Crippen LogP contribution in [-0.2, 0) is 11.3 Å². The monoisotopic (exact) mass is 310 g/mol. The van der Waals surface area contributed by atoms with E-state index in [9.17, 15) is 4.79 Å². The average molecular weight is 310 g/mol. The number of fused-ring (bicyclic) bond motifs is 1. The van der Waals surface area contributed by atoms with Crippen LogP contribution in [-0.4, -0.2) is 40.5 Å². The molecule has 0 spiro atoms. The molecule has 0 bridgehead atoms. The highest BCUT2D eigenvalue weighted by Crippen LogP contribution is 2.32. The van der Waals surface area contributed by atoms with Crippen LogP contribution in [0.25, 0.3) is 0 Å². The fraction of sp³-hybridized carbons (Fsp3) is 0.375. The van der Waals surface area contributed by atoms with Crippen molar-refractivity contribution < 1.29 is 4.79 Å². The molecule has 1 aliphatic carbocycles. The van der Waals surface area contributed by atoms with Gasteiger partial charge in [-0.3, -0.25) is 9.78 Å². The van der Waals surface area contributed by atoms with Crippen LogP contribution in [0.5, 0.6) is 0 Å². The predicted molar refractivity (Wildman–Crippen MR) is 87.4 cm³/mol. The molecule has 1 fully saturated rings. The number of hydrogen-bond donors (Lipinski definition) is 1. The standard InChI is InChI=1S/C16H18N6O/c1-21-9-14(23)22(12-3-2-6-17-7-12)8-13-15(20-11-4-5-11)18-10-19-16(13)21/h2-3,6-7,10-11H,4-5,8-9H2,1H3,(H,18,19,20). The molecule has 0 atom stereocenters. The molecular formula is C16H18N6O. The van der Waals surface area contributed by atoms with Gasteiger partial charge in [0.05, 0.1) is 30.5 Å². The van der Waals surface area contributed by atoms with Crippen molar-refractivity contribution >= 4 is 23.2 Å². The van der Waals surface area contributed by atoms with Gasteiger partial charge in [-0.25, -0.2) is 9.97 Å². The van der Waals surface area contributed by atoms with E-state index in [-0.39, 0.29) is 12.5 Å². The predicted octanol–water partition coefficient (Wildman–Crippen LogP) is 1.43. The quantitative estimate of drug-likeness (QED) is 0.924. The smallest absolute Gasteiger partial charge is 0.246 e.